The summed E-state index contributed by atoms with van der Waals surface area (Å²) in [5, 5.41) is 7.91. The van der Waals surface area contributed by atoms with Crippen molar-refractivity contribution in [3.8, 4) is 11.5 Å². The molecule has 0 bridgehead atoms. The number of amides is 1. The second-order valence-corrected chi connectivity index (χ2v) is 11.1. The topological polar surface area (TPSA) is 96.6 Å². The number of carbonyl (C=O) groups is 1. The highest BCUT2D eigenvalue weighted by atomic mass is 32.2. The van der Waals surface area contributed by atoms with E-state index in [1.54, 1.807) is 43.1 Å². The van der Waals surface area contributed by atoms with Gasteiger partial charge in [0, 0.05) is 31.4 Å². The smallest absolute Gasteiger partial charge is 0.277 e. The zero-order valence-corrected chi connectivity index (χ0v) is 20.2. The molecular formula is C23H26N4O4S2. The summed E-state index contributed by atoms with van der Waals surface area (Å²) in [6, 6.07) is 15.9. The third kappa shape index (κ3) is 5.29. The van der Waals surface area contributed by atoms with Gasteiger partial charge in [-0.3, -0.25) is 4.79 Å². The fourth-order valence-electron chi connectivity index (χ4n) is 3.67. The molecule has 174 valence electrons. The number of piperidine rings is 1. The van der Waals surface area contributed by atoms with Crippen LogP contribution in [0.2, 0.25) is 0 Å². The van der Waals surface area contributed by atoms with Gasteiger partial charge in [-0.1, -0.05) is 42.4 Å². The zero-order chi connectivity index (χ0) is 23.4. The highest BCUT2D eigenvalue weighted by Crippen LogP contribution is 2.29. The van der Waals surface area contributed by atoms with Crippen LogP contribution in [0.3, 0.4) is 0 Å². The fraction of sp³-hybridized carbons (Fsp3) is 0.348. The Kier molecular flexibility index (Phi) is 7.16. The first kappa shape index (κ1) is 23.5. The number of para-hydroxylation sites is 1. The van der Waals surface area contributed by atoms with E-state index in [9.17, 15) is 13.2 Å². The molecule has 1 amide bonds. The maximum atomic E-state index is 13.0. The number of sulfonamides is 1. The molecule has 10 heteroatoms. The van der Waals surface area contributed by atoms with Gasteiger partial charge >= 0.3 is 0 Å². The number of hydrogen-bond donors (Lipinski definition) is 0. The first-order valence-electron chi connectivity index (χ1n) is 10.8. The van der Waals surface area contributed by atoms with E-state index in [0.29, 0.717) is 18.7 Å². The maximum absolute atomic E-state index is 13.0. The summed E-state index contributed by atoms with van der Waals surface area (Å²) in [4.78, 5) is 14.6. The Morgan fingerprint density at radius 2 is 1.79 bits per heavy atom. The lowest BCUT2D eigenvalue weighted by Gasteiger charge is -2.25. The first-order chi connectivity index (χ1) is 15.9. The molecule has 3 aromatic rings. The molecule has 0 aliphatic carbocycles. The van der Waals surface area contributed by atoms with Crippen molar-refractivity contribution in [2.45, 2.75) is 41.6 Å². The second kappa shape index (κ2) is 10.1. The molecule has 0 N–H and O–H groups in total. The van der Waals surface area contributed by atoms with Crippen LogP contribution in [0.25, 0.3) is 11.5 Å². The van der Waals surface area contributed by atoms with Crippen LogP contribution < -0.4 is 4.90 Å². The fourth-order valence-corrected chi connectivity index (χ4v) is 6.01. The highest BCUT2D eigenvalue weighted by molar-refractivity contribution is 8.00. The summed E-state index contributed by atoms with van der Waals surface area (Å²) in [5.41, 5.74) is 1.32. The average Bonchev–Trinajstić information content (AvgIpc) is 3.32. The molecule has 2 aromatic carbocycles. The molecule has 0 radical (unpaired) electrons. The Hall–Kier alpha value is -2.69. The molecule has 0 saturated carbocycles. The van der Waals surface area contributed by atoms with Crippen molar-refractivity contribution in [1.82, 2.24) is 14.5 Å². The van der Waals surface area contributed by atoms with Gasteiger partial charge in [0.05, 0.1) is 10.1 Å². The lowest BCUT2D eigenvalue weighted by atomic mass is 10.2. The third-order valence-electron chi connectivity index (χ3n) is 5.54. The van der Waals surface area contributed by atoms with Crippen LogP contribution in [-0.4, -0.2) is 54.2 Å². The minimum Gasteiger partial charge on any atom is -0.411 e. The maximum Gasteiger partial charge on any atom is 0.277 e. The molecule has 8 nitrogen and oxygen atoms in total. The number of nitrogens with zero attached hydrogens (tertiary/aromatic N) is 4. The summed E-state index contributed by atoms with van der Waals surface area (Å²) in [5.74, 6) is 0.116. The molecule has 1 saturated heterocycles. The van der Waals surface area contributed by atoms with Crippen LogP contribution in [0.4, 0.5) is 5.69 Å². The van der Waals surface area contributed by atoms with Gasteiger partial charge in [-0.05, 0) is 50.1 Å². The zero-order valence-electron chi connectivity index (χ0n) is 18.5. The molecule has 0 unspecified atom stereocenters. The Bertz CT molecular complexity index is 1210. The Labute approximate surface area is 198 Å². The molecule has 2 heterocycles. The molecular weight excluding hydrogens is 460 g/mol. The number of anilines is 1. The number of carbonyl (C=O) groups excluding carboxylic acids is 1. The molecule has 33 heavy (non-hydrogen) atoms. The molecule has 1 atom stereocenters. The van der Waals surface area contributed by atoms with Gasteiger partial charge in [0.15, 0.2) is 0 Å². The van der Waals surface area contributed by atoms with Crippen molar-refractivity contribution in [1.29, 1.82) is 0 Å². The van der Waals surface area contributed by atoms with Crippen LogP contribution in [0.15, 0.2) is 69.1 Å². The van der Waals surface area contributed by atoms with E-state index >= 15 is 0 Å². The van der Waals surface area contributed by atoms with Gasteiger partial charge in [0.2, 0.25) is 21.8 Å². The number of thioether (sulfide) groups is 1. The molecule has 1 aromatic heterocycles. The Morgan fingerprint density at radius 3 is 2.52 bits per heavy atom. The summed E-state index contributed by atoms with van der Waals surface area (Å²) in [7, 11) is -1.84. The van der Waals surface area contributed by atoms with Crippen LogP contribution in [-0.2, 0) is 14.8 Å². The second-order valence-electron chi connectivity index (χ2n) is 7.86. The van der Waals surface area contributed by atoms with E-state index in [1.807, 2.05) is 30.3 Å². The monoisotopic (exact) mass is 486 g/mol. The molecule has 4 rings (SSSR count). The van der Waals surface area contributed by atoms with Gasteiger partial charge in [-0.2, -0.15) is 4.31 Å². The summed E-state index contributed by atoms with van der Waals surface area (Å²) in [6.07, 6.45) is 2.80. The summed E-state index contributed by atoms with van der Waals surface area (Å²) >= 11 is 1.16. The number of benzene rings is 2. The quantitative estimate of drug-likeness (QED) is 0.465. The van der Waals surface area contributed by atoms with Crippen LogP contribution in [0, 0.1) is 0 Å². The van der Waals surface area contributed by atoms with Crippen LogP contribution in [0.1, 0.15) is 26.2 Å². The predicted molar refractivity (Wildman–Crippen MR) is 128 cm³/mol. The van der Waals surface area contributed by atoms with Crippen molar-refractivity contribution in [2.75, 3.05) is 25.0 Å². The van der Waals surface area contributed by atoms with E-state index in [2.05, 4.69) is 10.2 Å². The van der Waals surface area contributed by atoms with E-state index in [4.69, 9.17) is 4.42 Å². The van der Waals surface area contributed by atoms with Crippen molar-refractivity contribution < 1.29 is 17.6 Å². The SMILES string of the molecule is C[C@@H](Sc1nnc(-c2cccc(S(=O)(=O)N3CCCCC3)c2)o1)C(=O)N(C)c1ccccc1. The molecule has 0 spiro atoms. The largest absolute Gasteiger partial charge is 0.411 e. The van der Waals surface area contributed by atoms with Crippen molar-refractivity contribution in [2.24, 2.45) is 0 Å². The Balaban J connectivity index is 1.47. The summed E-state index contributed by atoms with van der Waals surface area (Å²) in [6.45, 7) is 2.86. The first-order valence-corrected chi connectivity index (χ1v) is 13.1. The van der Waals surface area contributed by atoms with E-state index in [1.165, 1.54) is 4.31 Å². The number of aromatic nitrogens is 2. The molecule has 1 aliphatic rings. The minimum atomic E-state index is -3.56. The van der Waals surface area contributed by atoms with E-state index in [-0.39, 0.29) is 21.9 Å². The lowest BCUT2D eigenvalue weighted by Crippen LogP contribution is -2.35. The molecule has 1 aliphatic heterocycles. The van der Waals surface area contributed by atoms with E-state index in [0.717, 1.165) is 36.7 Å². The normalized spacial score (nSPS) is 15.8. The van der Waals surface area contributed by atoms with Crippen LogP contribution in [0.5, 0.6) is 0 Å². The lowest BCUT2D eigenvalue weighted by molar-refractivity contribution is -0.117. The van der Waals surface area contributed by atoms with Crippen LogP contribution >= 0.6 is 11.8 Å². The van der Waals surface area contributed by atoms with Gasteiger partial charge in [-0.15, -0.1) is 10.2 Å². The number of hydrogen-bond acceptors (Lipinski definition) is 7. The average molecular weight is 487 g/mol. The highest BCUT2D eigenvalue weighted by Gasteiger charge is 2.27. The van der Waals surface area contributed by atoms with Gasteiger partial charge < -0.3 is 9.32 Å². The minimum absolute atomic E-state index is 0.0967. The summed E-state index contributed by atoms with van der Waals surface area (Å²) < 4.78 is 33.3. The van der Waals surface area contributed by atoms with Gasteiger partial charge in [0.25, 0.3) is 5.22 Å². The third-order valence-corrected chi connectivity index (χ3v) is 8.36. The van der Waals surface area contributed by atoms with Crippen molar-refractivity contribution in [3.05, 3.63) is 54.6 Å². The van der Waals surface area contributed by atoms with Crippen molar-refractivity contribution in [3.63, 3.8) is 0 Å². The standard InChI is InChI=1S/C23H26N4O4S2/c1-17(22(28)26(2)19-11-5-3-6-12-19)32-23-25-24-21(31-23)18-10-9-13-20(16-18)33(29,30)27-14-7-4-8-15-27/h3,5-6,9-13,16-17H,4,7-8,14-15H2,1-2H3/t17-/m1/s1. The number of rotatable bonds is 7. The molecule has 1 fully saturated rings. The van der Waals surface area contributed by atoms with Gasteiger partial charge in [-0.25, -0.2) is 8.42 Å². The van der Waals surface area contributed by atoms with Crippen molar-refractivity contribution >= 4 is 33.4 Å². The Morgan fingerprint density at radius 1 is 1.06 bits per heavy atom. The van der Waals surface area contributed by atoms with E-state index < -0.39 is 15.3 Å². The predicted octanol–water partition coefficient (Wildman–Crippen LogP) is 4.05. The van der Waals surface area contributed by atoms with Gasteiger partial charge in [0.1, 0.15) is 0 Å².